The van der Waals surface area contributed by atoms with Crippen LogP contribution in [0.3, 0.4) is 0 Å². The Labute approximate surface area is 104 Å². The Morgan fingerprint density at radius 3 is 2.53 bits per heavy atom. The highest BCUT2D eigenvalue weighted by molar-refractivity contribution is 14.1. The van der Waals surface area contributed by atoms with Gasteiger partial charge in [0.05, 0.1) is 11.9 Å². The molecule has 1 aromatic rings. The molecule has 84 valence electrons. The fraction of sp³-hybridized carbons (Fsp3) is 0.400. The van der Waals surface area contributed by atoms with Crippen molar-refractivity contribution in [3.05, 3.63) is 33.4 Å². The molecule has 0 amide bonds. The van der Waals surface area contributed by atoms with Gasteiger partial charge in [-0.15, -0.1) is 0 Å². The molecule has 0 saturated carbocycles. The van der Waals surface area contributed by atoms with E-state index in [0.717, 1.165) is 9.13 Å². The zero-order chi connectivity index (χ0) is 11.5. The third-order valence-corrected chi connectivity index (χ3v) is 3.99. The second-order valence-electron chi connectivity index (χ2n) is 3.46. The van der Waals surface area contributed by atoms with E-state index in [0.29, 0.717) is 0 Å². The van der Waals surface area contributed by atoms with E-state index in [4.69, 9.17) is 0 Å². The number of benzene rings is 1. The summed E-state index contributed by atoms with van der Waals surface area (Å²) in [6, 6.07) is 7.42. The highest BCUT2D eigenvalue weighted by Crippen LogP contribution is 2.22. The van der Waals surface area contributed by atoms with Crippen molar-refractivity contribution in [2.75, 3.05) is 12.0 Å². The summed E-state index contributed by atoms with van der Waals surface area (Å²) in [6.07, 6.45) is 0.724. The first-order valence-corrected chi connectivity index (χ1v) is 7.64. The highest BCUT2D eigenvalue weighted by atomic mass is 127. The van der Waals surface area contributed by atoms with Gasteiger partial charge in [0.25, 0.3) is 0 Å². The molecular formula is C10H13IO3S. The van der Waals surface area contributed by atoms with Crippen LogP contribution in [-0.2, 0) is 9.84 Å². The fourth-order valence-corrected chi connectivity index (χ4v) is 2.62. The predicted molar refractivity (Wildman–Crippen MR) is 68.4 cm³/mol. The van der Waals surface area contributed by atoms with Crippen molar-refractivity contribution in [2.45, 2.75) is 12.5 Å². The number of hydrogen-bond donors (Lipinski definition) is 1. The third-order valence-electron chi connectivity index (χ3n) is 2.03. The van der Waals surface area contributed by atoms with Crippen molar-refractivity contribution in [2.24, 2.45) is 0 Å². The Hall–Kier alpha value is -0.140. The molecule has 15 heavy (non-hydrogen) atoms. The van der Waals surface area contributed by atoms with Gasteiger partial charge in [-0.25, -0.2) is 8.42 Å². The highest BCUT2D eigenvalue weighted by Gasteiger charge is 2.13. The molecular weight excluding hydrogens is 327 g/mol. The molecule has 3 nitrogen and oxygen atoms in total. The van der Waals surface area contributed by atoms with Crippen molar-refractivity contribution >= 4 is 32.4 Å². The maximum Gasteiger partial charge on any atom is 0.147 e. The van der Waals surface area contributed by atoms with Gasteiger partial charge in [-0.1, -0.05) is 18.2 Å². The molecule has 1 N–H and O–H groups in total. The molecule has 0 heterocycles. The van der Waals surface area contributed by atoms with Gasteiger partial charge in [-0.05, 0) is 40.6 Å². The minimum Gasteiger partial charge on any atom is -0.388 e. The smallest absolute Gasteiger partial charge is 0.147 e. The van der Waals surface area contributed by atoms with Crippen LogP contribution in [0.25, 0.3) is 0 Å². The van der Waals surface area contributed by atoms with Crippen LogP contribution in [0.2, 0.25) is 0 Å². The predicted octanol–water partition coefficient (Wildman–Crippen LogP) is 1.76. The number of aliphatic hydroxyl groups is 1. The van der Waals surface area contributed by atoms with Crippen LogP contribution in [0.4, 0.5) is 0 Å². The zero-order valence-corrected chi connectivity index (χ0v) is 11.3. The topological polar surface area (TPSA) is 54.4 Å². The Morgan fingerprint density at radius 2 is 2.00 bits per heavy atom. The van der Waals surface area contributed by atoms with Crippen LogP contribution in [0.5, 0.6) is 0 Å². The standard InChI is InChI=1S/C10H13IO3S/c1-15(13,14)7-6-10(12)8-4-2-3-5-9(8)11/h2-5,10,12H,6-7H2,1H3. The van der Waals surface area contributed by atoms with Crippen molar-refractivity contribution < 1.29 is 13.5 Å². The molecule has 1 aromatic carbocycles. The van der Waals surface area contributed by atoms with Crippen molar-refractivity contribution in [1.82, 2.24) is 0 Å². The molecule has 1 rings (SSSR count). The summed E-state index contributed by atoms with van der Waals surface area (Å²) in [5.41, 5.74) is 0.793. The number of hydrogen-bond acceptors (Lipinski definition) is 3. The van der Waals surface area contributed by atoms with Crippen LogP contribution in [0, 0.1) is 3.57 Å². The quantitative estimate of drug-likeness (QED) is 0.850. The Bertz CT molecular complexity index is 428. The molecule has 0 aromatic heterocycles. The van der Waals surface area contributed by atoms with E-state index in [1.807, 2.05) is 24.3 Å². The van der Waals surface area contributed by atoms with Crippen LogP contribution in [0.15, 0.2) is 24.3 Å². The Kier molecular flexibility index (Phi) is 4.54. The lowest BCUT2D eigenvalue weighted by atomic mass is 10.1. The maximum absolute atomic E-state index is 10.9. The first-order valence-electron chi connectivity index (χ1n) is 4.50. The van der Waals surface area contributed by atoms with E-state index in [1.165, 1.54) is 6.26 Å². The van der Waals surface area contributed by atoms with Crippen molar-refractivity contribution in [1.29, 1.82) is 0 Å². The van der Waals surface area contributed by atoms with E-state index in [-0.39, 0.29) is 12.2 Å². The number of sulfone groups is 1. The second kappa shape index (κ2) is 5.27. The van der Waals surface area contributed by atoms with Crippen molar-refractivity contribution in [3.8, 4) is 0 Å². The van der Waals surface area contributed by atoms with Crippen LogP contribution < -0.4 is 0 Å². The van der Waals surface area contributed by atoms with Gasteiger partial charge < -0.3 is 5.11 Å². The van der Waals surface area contributed by atoms with E-state index in [2.05, 4.69) is 22.6 Å². The number of halogens is 1. The van der Waals surface area contributed by atoms with Crippen LogP contribution in [-0.4, -0.2) is 25.5 Å². The molecule has 0 aliphatic carbocycles. The zero-order valence-electron chi connectivity index (χ0n) is 8.35. The van der Waals surface area contributed by atoms with Crippen LogP contribution in [0.1, 0.15) is 18.1 Å². The van der Waals surface area contributed by atoms with Crippen LogP contribution >= 0.6 is 22.6 Å². The molecule has 0 radical (unpaired) electrons. The van der Waals surface area contributed by atoms with Gasteiger partial charge in [0.2, 0.25) is 0 Å². The molecule has 0 aliphatic rings. The number of rotatable bonds is 4. The molecule has 0 fully saturated rings. The van der Waals surface area contributed by atoms with E-state index in [9.17, 15) is 13.5 Å². The summed E-state index contributed by atoms with van der Waals surface area (Å²) < 4.78 is 22.8. The SMILES string of the molecule is CS(=O)(=O)CCC(O)c1ccccc1I. The molecule has 0 saturated heterocycles. The Balaban J connectivity index is 2.70. The van der Waals surface area contributed by atoms with E-state index < -0.39 is 15.9 Å². The monoisotopic (exact) mass is 340 g/mol. The molecule has 1 atom stereocenters. The van der Waals surface area contributed by atoms with Gasteiger partial charge in [0.1, 0.15) is 9.84 Å². The van der Waals surface area contributed by atoms with E-state index >= 15 is 0 Å². The number of aliphatic hydroxyl groups excluding tert-OH is 1. The van der Waals surface area contributed by atoms with Crippen molar-refractivity contribution in [3.63, 3.8) is 0 Å². The lowest BCUT2D eigenvalue weighted by Crippen LogP contribution is -2.09. The lowest BCUT2D eigenvalue weighted by Gasteiger charge is -2.11. The third kappa shape index (κ3) is 4.48. The Morgan fingerprint density at radius 1 is 1.40 bits per heavy atom. The van der Waals surface area contributed by atoms with Gasteiger partial charge in [-0.3, -0.25) is 0 Å². The summed E-state index contributed by atoms with van der Waals surface area (Å²) in [6.45, 7) is 0. The molecule has 0 spiro atoms. The summed E-state index contributed by atoms with van der Waals surface area (Å²) >= 11 is 2.13. The summed E-state index contributed by atoms with van der Waals surface area (Å²) in [5.74, 6) is 0.0130. The average molecular weight is 340 g/mol. The van der Waals surface area contributed by atoms with Gasteiger partial charge in [0, 0.05) is 9.83 Å². The first kappa shape index (κ1) is 12.9. The minimum absolute atomic E-state index is 0.0130. The average Bonchev–Trinajstić information content (AvgIpc) is 2.14. The fourth-order valence-electron chi connectivity index (χ4n) is 1.23. The summed E-state index contributed by atoms with van der Waals surface area (Å²) in [5, 5.41) is 9.80. The summed E-state index contributed by atoms with van der Waals surface area (Å²) in [4.78, 5) is 0. The van der Waals surface area contributed by atoms with Gasteiger partial charge >= 0.3 is 0 Å². The molecule has 1 unspecified atom stereocenters. The van der Waals surface area contributed by atoms with E-state index in [1.54, 1.807) is 0 Å². The minimum atomic E-state index is -3.00. The second-order valence-corrected chi connectivity index (χ2v) is 6.88. The summed E-state index contributed by atoms with van der Waals surface area (Å²) in [7, 11) is -3.00. The lowest BCUT2D eigenvalue weighted by molar-refractivity contribution is 0.173. The normalized spacial score (nSPS) is 13.8. The largest absolute Gasteiger partial charge is 0.388 e. The molecule has 0 bridgehead atoms. The first-order chi connectivity index (χ1) is 6.90. The molecule has 5 heteroatoms. The maximum atomic E-state index is 10.9. The molecule has 0 aliphatic heterocycles. The van der Waals surface area contributed by atoms with Gasteiger partial charge in [0.15, 0.2) is 0 Å². The van der Waals surface area contributed by atoms with Gasteiger partial charge in [-0.2, -0.15) is 0 Å².